The second-order valence-electron chi connectivity index (χ2n) is 0.995. The summed E-state index contributed by atoms with van der Waals surface area (Å²) in [6.45, 7) is 1.72. The van der Waals surface area contributed by atoms with Crippen molar-refractivity contribution in [2.45, 2.75) is 12.7 Å². The molecular weight excluding hydrogens is 85.0 g/mol. The second kappa shape index (κ2) is 2.43. The standard InChI is InChI=1S/C2H8NOP/c1-2(3)5-4/h2H,3,5H2,1H3. The fourth-order valence-electron chi connectivity index (χ4n) is 0. The van der Waals surface area contributed by atoms with Crippen molar-refractivity contribution in [1.82, 2.24) is 0 Å². The number of hydrogen-bond acceptors (Lipinski definition) is 2. The van der Waals surface area contributed by atoms with Crippen LogP contribution in [0.5, 0.6) is 0 Å². The number of nitrogens with two attached hydrogens (primary N) is 1. The van der Waals surface area contributed by atoms with Crippen LogP contribution in [0.1, 0.15) is 6.92 Å². The van der Waals surface area contributed by atoms with Crippen LogP contribution < -0.4 is 5.73 Å². The first kappa shape index (κ1) is 5.19. The topological polar surface area (TPSA) is 43.1 Å². The van der Waals surface area contributed by atoms with Crippen molar-refractivity contribution in [2.75, 3.05) is 0 Å². The maximum absolute atomic E-state index is 9.59. The van der Waals surface area contributed by atoms with E-state index >= 15 is 0 Å². The molecule has 2 N–H and O–H groups in total. The summed E-state index contributed by atoms with van der Waals surface area (Å²) < 4.78 is 9.59. The molecule has 5 heavy (non-hydrogen) atoms. The first-order chi connectivity index (χ1) is 2.27. The van der Waals surface area contributed by atoms with Gasteiger partial charge in [0.15, 0.2) is 0 Å². The van der Waals surface area contributed by atoms with E-state index in [-0.39, 0.29) is 5.78 Å². The van der Waals surface area contributed by atoms with Crippen molar-refractivity contribution in [1.29, 1.82) is 0 Å². The number of hydrogen-bond donors (Lipinski definition) is 1. The zero-order chi connectivity index (χ0) is 4.28. The van der Waals surface area contributed by atoms with Crippen LogP contribution in [0.4, 0.5) is 0 Å². The third-order valence-corrected chi connectivity index (χ3v) is 0.644. The fraction of sp³-hybridized carbons (Fsp3) is 1.00. The lowest BCUT2D eigenvalue weighted by Crippen LogP contribution is -2.03. The second-order valence-corrected chi connectivity index (χ2v) is 2.32. The Bertz CT molecular complexity index is 36.6. The van der Waals surface area contributed by atoms with Crippen molar-refractivity contribution < 1.29 is 4.57 Å². The molecule has 0 aliphatic heterocycles. The fourth-order valence-corrected chi connectivity index (χ4v) is 0. The molecule has 2 unspecified atom stereocenters. The molecule has 0 aliphatic rings. The highest BCUT2D eigenvalue weighted by molar-refractivity contribution is 7.24. The van der Waals surface area contributed by atoms with Crippen molar-refractivity contribution in [2.24, 2.45) is 5.73 Å². The van der Waals surface area contributed by atoms with Crippen LogP contribution in [0, 0.1) is 0 Å². The average Bonchev–Trinajstić information content (AvgIpc) is 1.38. The van der Waals surface area contributed by atoms with E-state index in [0.29, 0.717) is 0 Å². The molecule has 0 bridgehead atoms. The lowest BCUT2D eigenvalue weighted by atomic mass is 10.8. The third kappa shape index (κ3) is 4.19. The van der Waals surface area contributed by atoms with Gasteiger partial charge in [0.05, 0.1) is 14.2 Å². The van der Waals surface area contributed by atoms with Gasteiger partial charge in [-0.05, 0) is 6.92 Å². The third-order valence-electron chi connectivity index (χ3n) is 0.215. The van der Waals surface area contributed by atoms with E-state index in [4.69, 9.17) is 5.73 Å². The Morgan fingerprint density at radius 1 is 2.00 bits per heavy atom. The Hall–Kier alpha value is 0.190. The summed E-state index contributed by atoms with van der Waals surface area (Å²) in [6, 6.07) is 0. The summed E-state index contributed by atoms with van der Waals surface area (Å²) in [5.41, 5.74) is 5.02. The highest BCUT2D eigenvalue weighted by atomic mass is 31.1. The Balaban J connectivity index is 2.83. The lowest BCUT2D eigenvalue weighted by molar-refractivity contribution is 0.593. The average molecular weight is 93.1 g/mol. The molecule has 0 spiro atoms. The SMILES string of the molecule is CC(N)[PH2]=O. The van der Waals surface area contributed by atoms with Crippen LogP contribution >= 0.6 is 8.46 Å². The van der Waals surface area contributed by atoms with Crippen molar-refractivity contribution in [3.63, 3.8) is 0 Å². The first-order valence-corrected chi connectivity index (χ1v) is 2.62. The minimum absolute atomic E-state index is 0.0880. The molecule has 0 aromatic rings. The predicted octanol–water partition coefficient (Wildman–Crippen LogP) is 0.0474. The predicted molar refractivity (Wildman–Crippen MR) is 24.0 cm³/mol. The van der Waals surface area contributed by atoms with Gasteiger partial charge in [-0.2, -0.15) is 0 Å². The minimum atomic E-state index is -0.741. The highest BCUT2D eigenvalue weighted by Crippen LogP contribution is 1.92. The maximum Gasteiger partial charge on any atom is 0.0801 e. The molecule has 0 heterocycles. The molecule has 2 atom stereocenters. The molecule has 0 saturated heterocycles. The minimum Gasteiger partial charge on any atom is -0.329 e. The Morgan fingerprint density at radius 3 is 2.20 bits per heavy atom. The Kier molecular flexibility index (Phi) is 2.52. The van der Waals surface area contributed by atoms with Crippen molar-refractivity contribution >= 4 is 8.46 Å². The van der Waals surface area contributed by atoms with Crippen LogP contribution in [0.3, 0.4) is 0 Å². The molecule has 2 nitrogen and oxygen atoms in total. The van der Waals surface area contributed by atoms with Gasteiger partial charge in [-0.15, -0.1) is 0 Å². The molecule has 0 aromatic heterocycles. The summed E-state index contributed by atoms with van der Waals surface area (Å²) in [6.07, 6.45) is 0. The molecule has 32 valence electrons. The summed E-state index contributed by atoms with van der Waals surface area (Å²) in [4.78, 5) is 0. The smallest absolute Gasteiger partial charge is 0.0801 e. The maximum atomic E-state index is 9.59. The van der Waals surface area contributed by atoms with Gasteiger partial charge in [0, 0.05) is 0 Å². The van der Waals surface area contributed by atoms with Gasteiger partial charge in [-0.1, -0.05) is 0 Å². The summed E-state index contributed by atoms with van der Waals surface area (Å²) in [5.74, 6) is -0.0880. The van der Waals surface area contributed by atoms with E-state index in [0.717, 1.165) is 0 Å². The largest absolute Gasteiger partial charge is 0.329 e. The van der Waals surface area contributed by atoms with Crippen molar-refractivity contribution in [3.05, 3.63) is 0 Å². The Morgan fingerprint density at radius 2 is 2.20 bits per heavy atom. The van der Waals surface area contributed by atoms with E-state index in [9.17, 15) is 4.57 Å². The van der Waals surface area contributed by atoms with E-state index < -0.39 is 8.46 Å². The zero-order valence-corrected chi connectivity index (χ0v) is 4.29. The van der Waals surface area contributed by atoms with E-state index in [1.165, 1.54) is 0 Å². The van der Waals surface area contributed by atoms with E-state index in [1.54, 1.807) is 6.92 Å². The van der Waals surface area contributed by atoms with Gasteiger partial charge in [0.25, 0.3) is 0 Å². The molecular formula is C2H8NOP. The van der Waals surface area contributed by atoms with Crippen LogP contribution in [0.25, 0.3) is 0 Å². The molecule has 0 aromatic carbocycles. The number of rotatable bonds is 1. The lowest BCUT2D eigenvalue weighted by Gasteiger charge is -1.82. The monoisotopic (exact) mass is 93.0 g/mol. The van der Waals surface area contributed by atoms with Gasteiger partial charge in [-0.25, -0.2) is 0 Å². The van der Waals surface area contributed by atoms with E-state index in [1.807, 2.05) is 0 Å². The molecule has 0 radical (unpaired) electrons. The first-order valence-electron chi connectivity index (χ1n) is 1.48. The summed E-state index contributed by atoms with van der Waals surface area (Å²) in [5, 5.41) is 0. The van der Waals surface area contributed by atoms with Gasteiger partial charge in [0.1, 0.15) is 0 Å². The van der Waals surface area contributed by atoms with Gasteiger partial charge >= 0.3 is 0 Å². The molecule has 0 fully saturated rings. The molecule has 3 heteroatoms. The molecule has 0 aliphatic carbocycles. The molecule has 0 saturated carbocycles. The van der Waals surface area contributed by atoms with Gasteiger partial charge in [-0.3, -0.25) is 0 Å². The quantitative estimate of drug-likeness (QED) is 0.465. The highest BCUT2D eigenvalue weighted by Gasteiger charge is 1.77. The summed E-state index contributed by atoms with van der Waals surface area (Å²) in [7, 11) is -0.741. The van der Waals surface area contributed by atoms with Crippen LogP contribution in [-0.2, 0) is 4.57 Å². The van der Waals surface area contributed by atoms with Crippen LogP contribution in [0.2, 0.25) is 0 Å². The van der Waals surface area contributed by atoms with Crippen molar-refractivity contribution in [3.8, 4) is 0 Å². The van der Waals surface area contributed by atoms with Crippen LogP contribution in [-0.4, -0.2) is 5.78 Å². The van der Waals surface area contributed by atoms with Gasteiger partial charge in [0.2, 0.25) is 0 Å². The molecule has 0 rings (SSSR count). The molecule has 0 amide bonds. The van der Waals surface area contributed by atoms with Crippen LogP contribution in [0.15, 0.2) is 0 Å². The zero-order valence-electron chi connectivity index (χ0n) is 3.14. The van der Waals surface area contributed by atoms with E-state index in [2.05, 4.69) is 0 Å². The normalized spacial score (nSPS) is 17.2. The van der Waals surface area contributed by atoms with Gasteiger partial charge < -0.3 is 10.3 Å². The Labute approximate surface area is 32.6 Å². The summed E-state index contributed by atoms with van der Waals surface area (Å²) >= 11 is 0.